The molecule has 17 heavy (non-hydrogen) atoms. The summed E-state index contributed by atoms with van der Waals surface area (Å²) in [6.07, 6.45) is 7.11. The second kappa shape index (κ2) is 5.65. The van der Waals surface area contributed by atoms with Gasteiger partial charge in [-0.3, -0.25) is 0 Å². The van der Waals surface area contributed by atoms with Crippen LogP contribution in [0.2, 0.25) is 0 Å². The molecule has 0 bridgehead atoms. The largest absolute Gasteiger partial charge is 0.349 e. The Morgan fingerprint density at radius 2 is 1.59 bits per heavy atom. The number of rotatable bonds is 1. The van der Waals surface area contributed by atoms with E-state index in [9.17, 15) is 0 Å². The number of H-pyrrole nitrogens is 2. The number of aromatic amines is 2. The van der Waals surface area contributed by atoms with Gasteiger partial charge in [0.1, 0.15) is 11.6 Å². The molecule has 0 aliphatic rings. The zero-order valence-corrected chi connectivity index (χ0v) is 9.59. The summed E-state index contributed by atoms with van der Waals surface area (Å²) in [5.41, 5.74) is 1.12. The van der Waals surface area contributed by atoms with Crippen molar-refractivity contribution in [3.63, 3.8) is 0 Å². The van der Waals surface area contributed by atoms with Crippen molar-refractivity contribution in [1.29, 1.82) is 0 Å². The van der Waals surface area contributed by atoms with Crippen molar-refractivity contribution >= 4 is 0 Å². The zero-order chi connectivity index (χ0) is 11.9. The third-order valence-corrected chi connectivity index (χ3v) is 2.18. The van der Waals surface area contributed by atoms with Crippen LogP contribution < -0.4 is 0 Å². The first kappa shape index (κ1) is 11.1. The average Bonchev–Trinajstić information content (AvgIpc) is 3.03. The summed E-state index contributed by atoms with van der Waals surface area (Å²) in [5, 5.41) is 0. The number of nitrogens with one attached hydrogen (secondary N) is 2. The fourth-order valence-corrected chi connectivity index (χ4v) is 1.36. The smallest absolute Gasteiger partial charge is 0.137 e. The van der Waals surface area contributed by atoms with Gasteiger partial charge < -0.3 is 9.97 Å². The van der Waals surface area contributed by atoms with Crippen molar-refractivity contribution in [3.8, 4) is 11.4 Å². The van der Waals surface area contributed by atoms with E-state index in [1.165, 1.54) is 0 Å². The maximum Gasteiger partial charge on any atom is 0.137 e. The van der Waals surface area contributed by atoms with Gasteiger partial charge in [-0.1, -0.05) is 30.3 Å². The number of aromatic nitrogens is 4. The topological polar surface area (TPSA) is 57.4 Å². The van der Waals surface area contributed by atoms with Gasteiger partial charge in [-0.15, -0.1) is 0 Å². The maximum atomic E-state index is 4.13. The van der Waals surface area contributed by atoms with Crippen molar-refractivity contribution in [2.45, 2.75) is 6.92 Å². The van der Waals surface area contributed by atoms with E-state index in [0.717, 1.165) is 17.2 Å². The van der Waals surface area contributed by atoms with Gasteiger partial charge in [-0.05, 0) is 6.92 Å². The van der Waals surface area contributed by atoms with Gasteiger partial charge in [-0.2, -0.15) is 0 Å². The third kappa shape index (κ3) is 3.31. The average molecular weight is 226 g/mol. The molecule has 0 fully saturated rings. The summed E-state index contributed by atoms with van der Waals surface area (Å²) < 4.78 is 0. The van der Waals surface area contributed by atoms with Crippen LogP contribution in [0.25, 0.3) is 11.4 Å². The Morgan fingerprint density at radius 3 is 2.06 bits per heavy atom. The number of nitrogens with zero attached hydrogens (tertiary/aromatic N) is 2. The van der Waals surface area contributed by atoms with Gasteiger partial charge in [0.05, 0.1) is 0 Å². The fourth-order valence-electron chi connectivity index (χ4n) is 1.36. The number of imidazole rings is 2. The molecule has 0 saturated carbocycles. The molecule has 0 aliphatic heterocycles. The highest BCUT2D eigenvalue weighted by atomic mass is 14.9. The van der Waals surface area contributed by atoms with Gasteiger partial charge >= 0.3 is 0 Å². The standard InChI is InChI=1S/C9H8N2.C4H6N2/c1-2-4-8(5-3-1)9-10-6-7-11-9;1-4-5-2-3-6-4/h1-7H,(H,10,11);2-3H,1H3,(H,5,6). The Kier molecular flexibility index (Phi) is 3.70. The van der Waals surface area contributed by atoms with E-state index in [4.69, 9.17) is 0 Å². The highest BCUT2D eigenvalue weighted by Crippen LogP contribution is 2.11. The van der Waals surface area contributed by atoms with Crippen molar-refractivity contribution in [3.05, 3.63) is 60.9 Å². The second-order valence-corrected chi connectivity index (χ2v) is 3.48. The van der Waals surface area contributed by atoms with Gasteiger partial charge in [-0.25, -0.2) is 9.97 Å². The molecule has 2 aromatic heterocycles. The Labute approximate surface area is 99.8 Å². The second-order valence-electron chi connectivity index (χ2n) is 3.48. The van der Waals surface area contributed by atoms with Crippen molar-refractivity contribution < 1.29 is 0 Å². The predicted molar refractivity (Wildman–Crippen MR) is 67.3 cm³/mol. The summed E-state index contributed by atoms with van der Waals surface area (Å²) in [6, 6.07) is 10.0. The lowest BCUT2D eigenvalue weighted by Gasteiger charge is -1.92. The molecule has 2 N–H and O–H groups in total. The minimum Gasteiger partial charge on any atom is -0.349 e. The van der Waals surface area contributed by atoms with Gasteiger partial charge in [0.15, 0.2) is 0 Å². The van der Waals surface area contributed by atoms with Gasteiger partial charge in [0, 0.05) is 30.4 Å². The normalized spacial score (nSPS) is 9.47. The minimum absolute atomic E-state index is 0.922. The van der Waals surface area contributed by atoms with Crippen LogP contribution in [0.3, 0.4) is 0 Å². The van der Waals surface area contributed by atoms with E-state index in [1.54, 1.807) is 18.6 Å². The summed E-state index contributed by atoms with van der Waals surface area (Å²) in [7, 11) is 0. The molecule has 0 spiro atoms. The molecule has 3 aromatic rings. The minimum atomic E-state index is 0.922. The molecular formula is C13H14N4. The Hall–Kier alpha value is -2.36. The molecule has 2 heterocycles. The van der Waals surface area contributed by atoms with Crippen LogP contribution in [0.4, 0.5) is 0 Å². The lowest BCUT2D eigenvalue weighted by molar-refractivity contribution is 1.15. The Bertz CT molecular complexity index is 512. The van der Waals surface area contributed by atoms with Crippen LogP contribution in [-0.2, 0) is 0 Å². The number of benzene rings is 1. The third-order valence-electron chi connectivity index (χ3n) is 2.18. The van der Waals surface area contributed by atoms with Crippen LogP contribution >= 0.6 is 0 Å². The molecule has 3 rings (SSSR count). The maximum absolute atomic E-state index is 4.13. The van der Waals surface area contributed by atoms with E-state index >= 15 is 0 Å². The van der Waals surface area contributed by atoms with Crippen LogP contribution in [0, 0.1) is 6.92 Å². The molecule has 0 atom stereocenters. The first-order valence-electron chi connectivity index (χ1n) is 5.37. The van der Waals surface area contributed by atoms with E-state index < -0.39 is 0 Å². The Morgan fingerprint density at radius 1 is 0.882 bits per heavy atom. The van der Waals surface area contributed by atoms with Crippen LogP contribution in [0.1, 0.15) is 5.82 Å². The highest BCUT2D eigenvalue weighted by Gasteiger charge is 1.94. The number of aryl methyl sites for hydroxylation is 1. The quantitative estimate of drug-likeness (QED) is 0.670. The molecule has 0 amide bonds. The monoisotopic (exact) mass is 226 g/mol. The molecule has 4 heteroatoms. The van der Waals surface area contributed by atoms with E-state index in [-0.39, 0.29) is 0 Å². The molecule has 86 valence electrons. The van der Waals surface area contributed by atoms with E-state index in [0.29, 0.717) is 0 Å². The van der Waals surface area contributed by atoms with Crippen molar-refractivity contribution in [1.82, 2.24) is 19.9 Å². The molecular weight excluding hydrogens is 212 g/mol. The van der Waals surface area contributed by atoms with Crippen molar-refractivity contribution in [2.75, 3.05) is 0 Å². The number of hydrogen-bond acceptors (Lipinski definition) is 2. The molecule has 0 unspecified atom stereocenters. The molecule has 0 aliphatic carbocycles. The summed E-state index contributed by atoms with van der Waals surface area (Å²) in [6.45, 7) is 1.92. The predicted octanol–water partition coefficient (Wildman–Crippen LogP) is 2.79. The molecule has 0 saturated heterocycles. The number of hydrogen-bond donors (Lipinski definition) is 2. The lowest BCUT2D eigenvalue weighted by Crippen LogP contribution is -1.77. The van der Waals surface area contributed by atoms with Crippen LogP contribution in [0.5, 0.6) is 0 Å². The van der Waals surface area contributed by atoms with Crippen LogP contribution in [-0.4, -0.2) is 19.9 Å². The Balaban J connectivity index is 0.000000153. The zero-order valence-electron chi connectivity index (χ0n) is 9.59. The van der Waals surface area contributed by atoms with E-state index in [2.05, 4.69) is 19.9 Å². The first-order valence-corrected chi connectivity index (χ1v) is 5.37. The first-order chi connectivity index (χ1) is 8.36. The highest BCUT2D eigenvalue weighted by molar-refractivity contribution is 5.53. The fraction of sp³-hybridized carbons (Fsp3) is 0.0769. The lowest BCUT2D eigenvalue weighted by atomic mass is 10.2. The van der Waals surface area contributed by atoms with E-state index in [1.807, 2.05) is 43.5 Å². The summed E-state index contributed by atoms with van der Waals surface area (Å²) in [5.74, 6) is 1.89. The molecule has 0 radical (unpaired) electrons. The SMILES string of the molecule is Cc1ncc[nH]1.c1ccc(-c2ncc[nH]2)cc1. The van der Waals surface area contributed by atoms with Crippen molar-refractivity contribution in [2.24, 2.45) is 0 Å². The molecule has 1 aromatic carbocycles. The van der Waals surface area contributed by atoms with Gasteiger partial charge in [0.25, 0.3) is 0 Å². The summed E-state index contributed by atoms with van der Waals surface area (Å²) in [4.78, 5) is 13.9. The molecule has 4 nitrogen and oxygen atoms in total. The summed E-state index contributed by atoms with van der Waals surface area (Å²) >= 11 is 0. The van der Waals surface area contributed by atoms with Crippen LogP contribution in [0.15, 0.2) is 55.1 Å². The van der Waals surface area contributed by atoms with Gasteiger partial charge in [0.2, 0.25) is 0 Å².